The zero-order valence-corrected chi connectivity index (χ0v) is 13.8. The van der Waals surface area contributed by atoms with Crippen LogP contribution >= 0.6 is 15.9 Å². The molecule has 0 heterocycles. The summed E-state index contributed by atoms with van der Waals surface area (Å²) in [5.74, 6) is -0.399. The van der Waals surface area contributed by atoms with Gasteiger partial charge in [-0.15, -0.1) is 0 Å². The van der Waals surface area contributed by atoms with Crippen molar-refractivity contribution in [3.05, 3.63) is 63.6 Å². The van der Waals surface area contributed by atoms with Gasteiger partial charge in [0.05, 0.1) is 6.04 Å². The Morgan fingerprint density at radius 1 is 1.24 bits per heavy atom. The smallest absolute Gasteiger partial charge is 0.248 e. The first kappa shape index (κ1) is 15.6. The number of aryl methyl sites for hydroxylation is 1. The van der Waals surface area contributed by atoms with Crippen LogP contribution in [0.25, 0.3) is 0 Å². The lowest BCUT2D eigenvalue weighted by Gasteiger charge is -2.20. The SMILES string of the molecule is CCC(Nc1ccc(C(N)=O)cc1C)c1ccc(Br)cc1. The molecule has 0 saturated carbocycles. The van der Waals surface area contributed by atoms with Crippen LogP contribution in [0.5, 0.6) is 0 Å². The summed E-state index contributed by atoms with van der Waals surface area (Å²) in [7, 11) is 0. The number of halogens is 1. The van der Waals surface area contributed by atoms with Gasteiger partial charge in [0, 0.05) is 15.7 Å². The maximum atomic E-state index is 11.2. The molecule has 0 bridgehead atoms. The summed E-state index contributed by atoms with van der Waals surface area (Å²) in [5.41, 5.74) is 9.11. The molecule has 3 nitrogen and oxygen atoms in total. The fourth-order valence-corrected chi connectivity index (χ4v) is 2.55. The summed E-state index contributed by atoms with van der Waals surface area (Å²) in [6.45, 7) is 4.12. The van der Waals surface area contributed by atoms with Gasteiger partial charge in [-0.1, -0.05) is 35.0 Å². The lowest BCUT2D eigenvalue weighted by molar-refractivity contribution is 0.1000. The number of nitrogens with two attached hydrogens (primary N) is 1. The van der Waals surface area contributed by atoms with Crippen molar-refractivity contribution < 1.29 is 4.79 Å². The molecular formula is C17H19BrN2O. The number of carbonyl (C=O) groups excluding carboxylic acids is 1. The summed E-state index contributed by atoms with van der Waals surface area (Å²) in [5, 5.41) is 3.53. The second kappa shape index (κ2) is 6.76. The Labute approximate surface area is 133 Å². The van der Waals surface area contributed by atoms with Crippen LogP contribution in [0.3, 0.4) is 0 Å². The number of rotatable bonds is 5. The normalized spacial score (nSPS) is 12.0. The van der Waals surface area contributed by atoms with Gasteiger partial charge in [0.1, 0.15) is 0 Å². The molecule has 1 atom stereocenters. The van der Waals surface area contributed by atoms with Crippen LogP contribution in [0.15, 0.2) is 46.9 Å². The highest BCUT2D eigenvalue weighted by atomic mass is 79.9. The summed E-state index contributed by atoms with van der Waals surface area (Å²) < 4.78 is 1.07. The van der Waals surface area contributed by atoms with E-state index in [-0.39, 0.29) is 6.04 Å². The third-order valence-electron chi connectivity index (χ3n) is 3.52. The lowest BCUT2D eigenvalue weighted by atomic mass is 10.0. The Balaban J connectivity index is 2.22. The summed E-state index contributed by atoms with van der Waals surface area (Å²) in [6, 6.07) is 14.0. The van der Waals surface area contributed by atoms with Gasteiger partial charge in [-0.3, -0.25) is 4.79 Å². The average Bonchev–Trinajstić information content (AvgIpc) is 2.47. The molecule has 1 unspecified atom stereocenters. The molecule has 2 aromatic carbocycles. The number of anilines is 1. The molecule has 0 radical (unpaired) electrons. The maximum absolute atomic E-state index is 11.2. The first-order valence-electron chi connectivity index (χ1n) is 6.93. The van der Waals surface area contributed by atoms with Crippen molar-refractivity contribution in [1.29, 1.82) is 0 Å². The highest BCUT2D eigenvalue weighted by Gasteiger charge is 2.11. The standard InChI is InChI=1S/C17H19BrN2O/c1-3-15(12-4-7-14(18)8-5-12)20-16-9-6-13(17(19)21)10-11(16)2/h4-10,15,20H,3H2,1-2H3,(H2,19,21). The van der Waals surface area contributed by atoms with Gasteiger partial charge >= 0.3 is 0 Å². The molecule has 0 aliphatic heterocycles. The molecule has 0 saturated heterocycles. The van der Waals surface area contributed by atoms with E-state index >= 15 is 0 Å². The predicted octanol–water partition coefficient (Wildman–Crippen LogP) is 4.42. The van der Waals surface area contributed by atoms with Gasteiger partial charge < -0.3 is 11.1 Å². The van der Waals surface area contributed by atoms with Gasteiger partial charge in [-0.2, -0.15) is 0 Å². The van der Waals surface area contributed by atoms with Crippen LogP contribution in [-0.2, 0) is 0 Å². The number of carbonyl (C=O) groups is 1. The monoisotopic (exact) mass is 346 g/mol. The van der Waals surface area contributed by atoms with Crippen molar-refractivity contribution in [2.24, 2.45) is 5.73 Å². The molecule has 3 N–H and O–H groups in total. The van der Waals surface area contributed by atoms with E-state index in [0.29, 0.717) is 5.56 Å². The average molecular weight is 347 g/mol. The minimum absolute atomic E-state index is 0.233. The van der Waals surface area contributed by atoms with Crippen molar-refractivity contribution >= 4 is 27.5 Å². The largest absolute Gasteiger partial charge is 0.378 e. The minimum Gasteiger partial charge on any atom is -0.378 e. The van der Waals surface area contributed by atoms with E-state index in [1.54, 1.807) is 6.07 Å². The van der Waals surface area contributed by atoms with Crippen LogP contribution in [-0.4, -0.2) is 5.91 Å². The van der Waals surface area contributed by atoms with Crippen molar-refractivity contribution in [3.8, 4) is 0 Å². The fraction of sp³-hybridized carbons (Fsp3) is 0.235. The molecule has 0 aromatic heterocycles. The molecule has 0 spiro atoms. The van der Waals surface area contributed by atoms with Crippen molar-refractivity contribution in [1.82, 2.24) is 0 Å². The molecule has 4 heteroatoms. The van der Waals surface area contributed by atoms with E-state index in [0.717, 1.165) is 22.1 Å². The zero-order chi connectivity index (χ0) is 15.4. The van der Waals surface area contributed by atoms with E-state index in [1.165, 1.54) is 5.56 Å². The van der Waals surface area contributed by atoms with Gasteiger partial charge in [-0.25, -0.2) is 0 Å². The molecule has 0 fully saturated rings. The van der Waals surface area contributed by atoms with Crippen molar-refractivity contribution in [2.75, 3.05) is 5.32 Å². The Morgan fingerprint density at radius 2 is 1.90 bits per heavy atom. The topological polar surface area (TPSA) is 55.1 Å². The van der Waals surface area contributed by atoms with Crippen LogP contribution in [0, 0.1) is 6.92 Å². The highest BCUT2D eigenvalue weighted by molar-refractivity contribution is 9.10. The van der Waals surface area contributed by atoms with Gasteiger partial charge in [0.15, 0.2) is 0 Å². The van der Waals surface area contributed by atoms with Crippen LogP contribution in [0.2, 0.25) is 0 Å². The predicted molar refractivity (Wildman–Crippen MR) is 90.5 cm³/mol. The van der Waals surface area contributed by atoms with E-state index in [2.05, 4.69) is 40.3 Å². The molecule has 21 heavy (non-hydrogen) atoms. The van der Waals surface area contributed by atoms with Crippen molar-refractivity contribution in [3.63, 3.8) is 0 Å². The Hall–Kier alpha value is -1.81. The van der Waals surface area contributed by atoms with Crippen LogP contribution < -0.4 is 11.1 Å². The molecule has 110 valence electrons. The third-order valence-corrected chi connectivity index (χ3v) is 4.05. The Kier molecular flexibility index (Phi) is 5.02. The molecule has 0 aliphatic carbocycles. The summed E-state index contributed by atoms with van der Waals surface area (Å²) in [6.07, 6.45) is 0.971. The lowest BCUT2D eigenvalue weighted by Crippen LogP contribution is -2.13. The highest BCUT2D eigenvalue weighted by Crippen LogP contribution is 2.26. The van der Waals surface area contributed by atoms with E-state index < -0.39 is 5.91 Å². The van der Waals surface area contributed by atoms with Crippen molar-refractivity contribution in [2.45, 2.75) is 26.3 Å². The maximum Gasteiger partial charge on any atom is 0.248 e. The summed E-state index contributed by atoms with van der Waals surface area (Å²) >= 11 is 3.45. The van der Waals surface area contributed by atoms with Crippen LogP contribution in [0.4, 0.5) is 5.69 Å². The number of hydrogen-bond donors (Lipinski definition) is 2. The molecule has 2 rings (SSSR count). The quantitative estimate of drug-likeness (QED) is 0.841. The van der Waals surface area contributed by atoms with Crippen LogP contribution in [0.1, 0.15) is 40.9 Å². The number of primary amides is 1. The third kappa shape index (κ3) is 3.85. The van der Waals surface area contributed by atoms with E-state index in [4.69, 9.17) is 5.73 Å². The second-order valence-electron chi connectivity index (χ2n) is 5.05. The Morgan fingerprint density at radius 3 is 2.43 bits per heavy atom. The molecular weight excluding hydrogens is 328 g/mol. The number of amides is 1. The number of benzene rings is 2. The fourth-order valence-electron chi connectivity index (χ4n) is 2.28. The van der Waals surface area contributed by atoms with Gasteiger partial charge in [0.25, 0.3) is 0 Å². The summed E-state index contributed by atoms with van der Waals surface area (Å²) in [4.78, 5) is 11.2. The number of hydrogen-bond acceptors (Lipinski definition) is 2. The zero-order valence-electron chi connectivity index (χ0n) is 12.2. The molecule has 1 amide bonds. The van der Waals surface area contributed by atoms with E-state index in [9.17, 15) is 4.79 Å². The minimum atomic E-state index is -0.399. The van der Waals surface area contributed by atoms with E-state index in [1.807, 2.05) is 31.2 Å². The molecule has 2 aromatic rings. The second-order valence-corrected chi connectivity index (χ2v) is 5.97. The number of nitrogens with one attached hydrogen (secondary N) is 1. The first-order valence-corrected chi connectivity index (χ1v) is 7.73. The van der Waals surface area contributed by atoms with Gasteiger partial charge in [0.2, 0.25) is 5.91 Å². The first-order chi connectivity index (χ1) is 10.0. The molecule has 0 aliphatic rings. The van der Waals surface area contributed by atoms with Gasteiger partial charge in [-0.05, 0) is 54.8 Å². The Bertz CT molecular complexity index is 638.